The van der Waals surface area contributed by atoms with Gasteiger partial charge in [0.1, 0.15) is 12.4 Å². The summed E-state index contributed by atoms with van der Waals surface area (Å²) in [4.78, 5) is 0. The van der Waals surface area contributed by atoms with Crippen molar-refractivity contribution in [3.05, 3.63) is 29.3 Å². The molecule has 0 bridgehead atoms. The first kappa shape index (κ1) is 15.0. The molecule has 102 valence electrons. The Hall–Kier alpha value is -1.06. The van der Waals surface area contributed by atoms with Gasteiger partial charge in [-0.2, -0.15) is 0 Å². The van der Waals surface area contributed by atoms with Crippen molar-refractivity contribution in [2.45, 2.75) is 46.4 Å². The summed E-state index contributed by atoms with van der Waals surface area (Å²) >= 11 is 0. The highest BCUT2D eigenvalue weighted by molar-refractivity contribution is 5.36. The number of aryl methyl sites for hydroxylation is 1. The molecule has 0 fully saturated rings. The van der Waals surface area contributed by atoms with E-state index in [4.69, 9.17) is 9.47 Å². The molecule has 0 radical (unpaired) electrons. The molecular formula is C15H25NO2. The van der Waals surface area contributed by atoms with E-state index in [-0.39, 0.29) is 6.10 Å². The van der Waals surface area contributed by atoms with E-state index in [1.807, 2.05) is 13.0 Å². The average molecular weight is 251 g/mol. The lowest BCUT2D eigenvalue weighted by Crippen LogP contribution is -2.23. The van der Waals surface area contributed by atoms with Crippen LogP contribution in [0.3, 0.4) is 0 Å². The molecule has 0 aromatic heterocycles. The van der Waals surface area contributed by atoms with E-state index in [2.05, 4.69) is 38.2 Å². The lowest BCUT2D eigenvalue weighted by atomic mass is 10.1. The number of nitrogens with one attached hydrogen (secondary N) is 1. The van der Waals surface area contributed by atoms with Crippen molar-refractivity contribution in [3.8, 4) is 5.75 Å². The number of benzene rings is 1. The summed E-state index contributed by atoms with van der Waals surface area (Å²) in [5, 5.41) is 3.42. The first-order valence-electron chi connectivity index (χ1n) is 6.51. The standard InChI is InChI=1S/C15H25NO2/c1-11(2)16-9-14-8-12(3)6-7-15(14)18-10-13(4)17-5/h6-8,11,13,16H,9-10H2,1-5H3. The number of hydrogen-bond donors (Lipinski definition) is 1. The van der Waals surface area contributed by atoms with Crippen molar-refractivity contribution >= 4 is 0 Å². The normalized spacial score (nSPS) is 12.8. The fourth-order valence-corrected chi connectivity index (χ4v) is 1.58. The van der Waals surface area contributed by atoms with Crippen LogP contribution in [0.1, 0.15) is 31.9 Å². The zero-order chi connectivity index (χ0) is 13.5. The molecule has 0 spiro atoms. The van der Waals surface area contributed by atoms with Gasteiger partial charge in [0.05, 0.1) is 6.10 Å². The van der Waals surface area contributed by atoms with Gasteiger partial charge in [0.2, 0.25) is 0 Å². The Morgan fingerprint density at radius 1 is 1.22 bits per heavy atom. The summed E-state index contributed by atoms with van der Waals surface area (Å²) in [7, 11) is 1.70. The number of rotatable bonds is 7. The van der Waals surface area contributed by atoms with Crippen LogP contribution in [0.25, 0.3) is 0 Å². The quantitative estimate of drug-likeness (QED) is 0.808. The largest absolute Gasteiger partial charge is 0.491 e. The fraction of sp³-hybridized carbons (Fsp3) is 0.600. The Kier molecular flexibility index (Phi) is 6.16. The molecule has 1 aromatic carbocycles. The minimum absolute atomic E-state index is 0.109. The Labute approximate surface area is 110 Å². The van der Waals surface area contributed by atoms with Crippen LogP contribution in [0.2, 0.25) is 0 Å². The van der Waals surface area contributed by atoms with E-state index >= 15 is 0 Å². The summed E-state index contributed by atoms with van der Waals surface area (Å²) in [6.07, 6.45) is 0.109. The first-order valence-corrected chi connectivity index (χ1v) is 6.51. The Bertz CT molecular complexity index is 364. The lowest BCUT2D eigenvalue weighted by molar-refractivity contribution is 0.0712. The molecule has 1 unspecified atom stereocenters. The van der Waals surface area contributed by atoms with Crippen LogP contribution in [-0.2, 0) is 11.3 Å². The smallest absolute Gasteiger partial charge is 0.123 e. The second kappa shape index (κ2) is 7.39. The van der Waals surface area contributed by atoms with E-state index < -0.39 is 0 Å². The third kappa shape index (κ3) is 5.07. The van der Waals surface area contributed by atoms with Crippen molar-refractivity contribution in [1.29, 1.82) is 0 Å². The van der Waals surface area contributed by atoms with Gasteiger partial charge in [-0.1, -0.05) is 31.5 Å². The van der Waals surface area contributed by atoms with Crippen LogP contribution in [-0.4, -0.2) is 25.9 Å². The average Bonchev–Trinajstić information content (AvgIpc) is 2.34. The van der Waals surface area contributed by atoms with Crippen LogP contribution in [0.4, 0.5) is 0 Å². The van der Waals surface area contributed by atoms with Gasteiger partial charge in [-0.25, -0.2) is 0 Å². The zero-order valence-electron chi connectivity index (χ0n) is 12.1. The summed E-state index contributed by atoms with van der Waals surface area (Å²) < 4.78 is 11.0. The number of ether oxygens (including phenoxy) is 2. The van der Waals surface area contributed by atoms with Crippen LogP contribution >= 0.6 is 0 Å². The van der Waals surface area contributed by atoms with Crippen LogP contribution in [0.5, 0.6) is 5.75 Å². The molecule has 1 N–H and O–H groups in total. The van der Waals surface area contributed by atoms with E-state index in [9.17, 15) is 0 Å². The molecule has 0 aliphatic rings. The molecule has 0 aliphatic heterocycles. The second-order valence-corrected chi connectivity index (χ2v) is 5.00. The van der Waals surface area contributed by atoms with Gasteiger partial charge in [0, 0.05) is 25.3 Å². The predicted molar refractivity (Wildman–Crippen MR) is 75.1 cm³/mol. The van der Waals surface area contributed by atoms with Crippen LogP contribution in [0, 0.1) is 6.92 Å². The van der Waals surface area contributed by atoms with Gasteiger partial charge in [0.15, 0.2) is 0 Å². The molecule has 0 saturated heterocycles. The maximum absolute atomic E-state index is 5.81. The Morgan fingerprint density at radius 2 is 1.94 bits per heavy atom. The number of hydrogen-bond acceptors (Lipinski definition) is 3. The monoisotopic (exact) mass is 251 g/mol. The van der Waals surface area contributed by atoms with Gasteiger partial charge < -0.3 is 14.8 Å². The molecular weight excluding hydrogens is 226 g/mol. The Morgan fingerprint density at radius 3 is 2.56 bits per heavy atom. The molecule has 18 heavy (non-hydrogen) atoms. The van der Waals surface area contributed by atoms with Crippen molar-refractivity contribution in [3.63, 3.8) is 0 Å². The van der Waals surface area contributed by atoms with E-state index in [0.29, 0.717) is 12.6 Å². The van der Waals surface area contributed by atoms with Gasteiger partial charge in [-0.05, 0) is 19.9 Å². The predicted octanol–water partition coefficient (Wildman–Crippen LogP) is 2.91. The van der Waals surface area contributed by atoms with Gasteiger partial charge in [-0.15, -0.1) is 0 Å². The fourth-order valence-electron chi connectivity index (χ4n) is 1.58. The highest BCUT2D eigenvalue weighted by atomic mass is 16.5. The summed E-state index contributed by atoms with van der Waals surface area (Å²) in [5.74, 6) is 0.942. The van der Waals surface area contributed by atoms with Gasteiger partial charge in [0.25, 0.3) is 0 Å². The molecule has 1 rings (SSSR count). The maximum atomic E-state index is 5.81. The highest BCUT2D eigenvalue weighted by Gasteiger charge is 2.07. The summed E-state index contributed by atoms with van der Waals surface area (Å²) in [5.41, 5.74) is 2.45. The highest BCUT2D eigenvalue weighted by Crippen LogP contribution is 2.20. The number of methoxy groups -OCH3 is 1. The molecule has 0 aliphatic carbocycles. The molecule has 0 saturated carbocycles. The van der Waals surface area contributed by atoms with Crippen molar-refractivity contribution in [1.82, 2.24) is 5.32 Å². The van der Waals surface area contributed by atoms with Crippen molar-refractivity contribution < 1.29 is 9.47 Å². The van der Waals surface area contributed by atoms with Gasteiger partial charge >= 0.3 is 0 Å². The van der Waals surface area contributed by atoms with E-state index in [0.717, 1.165) is 12.3 Å². The molecule has 0 amide bonds. The molecule has 3 nitrogen and oxygen atoms in total. The molecule has 1 atom stereocenters. The molecule has 0 heterocycles. The third-order valence-electron chi connectivity index (χ3n) is 2.79. The zero-order valence-corrected chi connectivity index (χ0v) is 12.1. The van der Waals surface area contributed by atoms with Gasteiger partial charge in [-0.3, -0.25) is 0 Å². The minimum atomic E-state index is 0.109. The minimum Gasteiger partial charge on any atom is -0.491 e. The second-order valence-electron chi connectivity index (χ2n) is 5.00. The SMILES string of the molecule is COC(C)COc1ccc(C)cc1CNC(C)C. The van der Waals surface area contributed by atoms with Crippen LogP contribution < -0.4 is 10.1 Å². The summed E-state index contributed by atoms with van der Waals surface area (Å²) in [6.45, 7) is 9.79. The Balaban J connectivity index is 2.69. The third-order valence-corrected chi connectivity index (χ3v) is 2.79. The first-order chi connectivity index (χ1) is 8.52. The molecule has 1 aromatic rings. The van der Waals surface area contributed by atoms with Crippen LogP contribution in [0.15, 0.2) is 18.2 Å². The lowest BCUT2D eigenvalue weighted by Gasteiger charge is -2.16. The van der Waals surface area contributed by atoms with E-state index in [1.165, 1.54) is 11.1 Å². The topological polar surface area (TPSA) is 30.5 Å². The maximum Gasteiger partial charge on any atom is 0.123 e. The summed E-state index contributed by atoms with van der Waals surface area (Å²) in [6, 6.07) is 6.75. The molecule has 3 heteroatoms. The van der Waals surface area contributed by atoms with E-state index in [1.54, 1.807) is 7.11 Å². The van der Waals surface area contributed by atoms with Crippen molar-refractivity contribution in [2.75, 3.05) is 13.7 Å². The van der Waals surface area contributed by atoms with Crippen molar-refractivity contribution in [2.24, 2.45) is 0 Å².